The fraction of sp³-hybridized carbons (Fsp3) is 0.160. The SMILES string of the molecule is Cc1ccc(Sc2ccc(C3C(c4ccccn4)NC(=S)N3Cc3cccnc3)o2)cc1. The summed E-state index contributed by atoms with van der Waals surface area (Å²) in [6, 6.07) is 22.2. The lowest BCUT2D eigenvalue weighted by Gasteiger charge is -2.26. The van der Waals surface area contributed by atoms with Gasteiger partial charge >= 0.3 is 0 Å². The summed E-state index contributed by atoms with van der Waals surface area (Å²) >= 11 is 7.35. The first-order valence-corrected chi connectivity index (χ1v) is 11.6. The van der Waals surface area contributed by atoms with Gasteiger partial charge in [-0.25, -0.2) is 0 Å². The minimum atomic E-state index is -0.120. The summed E-state index contributed by atoms with van der Waals surface area (Å²) in [4.78, 5) is 12.1. The second-order valence-electron chi connectivity index (χ2n) is 7.69. The van der Waals surface area contributed by atoms with Crippen LogP contribution in [0.25, 0.3) is 0 Å². The third-order valence-corrected chi connectivity index (χ3v) is 6.69. The molecular weight excluding hydrogens is 436 g/mol. The summed E-state index contributed by atoms with van der Waals surface area (Å²) in [5, 5.41) is 4.99. The maximum Gasteiger partial charge on any atom is 0.170 e. The van der Waals surface area contributed by atoms with Crippen molar-refractivity contribution >= 4 is 29.1 Å². The summed E-state index contributed by atoms with van der Waals surface area (Å²) < 4.78 is 6.35. The molecule has 4 heterocycles. The molecule has 2 atom stereocenters. The average molecular weight is 459 g/mol. The highest BCUT2D eigenvalue weighted by atomic mass is 32.2. The fourth-order valence-electron chi connectivity index (χ4n) is 3.84. The number of rotatable bonds is 6. The Kier molecular flexibility index (Phi) is 5.92. The fourth-order valence-corrected chi connectivity index (χ4v) is 4.93. The number of furan rings is 1. The van der Waals surface area contributed by atoms with Gasteiger partial charge in [-0.3, -0.25) is 9.97 Å². The molecule has 5 nitrogen and oxygen atoms in total. The molecule has 4 aromatic rings. The Morgan fingerprint density at radius 1 is 1.03 bits per heavy atom. The largest absolute Gasteiger partial charge is 0.452 e. The molecule has 1 N–H and O–H groups in total. The zero-order chi connectivity index (χ0) is 21.9. The Morgan fingerprint density at radius 2 is 1.91 bits per heavy atom. The molecule has 2 unspecified atom stereocenters. The van der Waals surface area contributed by atoms with Crippen LogP contribution < -0.4 is 5.32 Å². The Labute approximate surface area is 196 Å². The van der Waals surface area contributed by atoms with Crippen LogP contribution in [0.5, 0.6) is 0 Å². The van der Waals surface area contributed by atoms with Crippen LogP contribution in [0.3, 0.4) is 0 Å². The molecular formula is C25H22N4OS2. The molecule has 1 aromatic carbocycles. The minimum Gasteiger partial charge on any atom is -0.452 e. The van der Waals surface area contributed by atoms with Crippen molar-refractivity contribution in [3.05, 3.63) is 108 Å². The quantitative estimate of drug-likeness (QED) is 0.372. The number of benzene rings is 1. The van der Waals surface area contributed by atoms with E-state index in [0.717, 1.165) is 27.0 Å². The molecule has 1 aliphatic heterocycles. The van der Waals surface area contributed by atoms with Gasteiger partial charge in [0.05, 0.1) is 11.7 Å². The van der Waals surface area contributed by atoms with Gasteiger partial charge in [0.25, 0.3) is 0 Å². The van der Waals surface area contributed by atoms with E-state index < -0.39 is 0 Å². The van der Waals surface area contributed by atoms with Crippen LogP contribution in [-0.4, -0.2) is 20.0 Å². The maximum atomic E-state index is 6.35. The van der Waals surface area contributed by atoms with Crippen molar-refractivity contribution in [2.24, 2.45) is 0 Å². The van der Waals surface area contributed by atoms with Gasteiger partial charge in [0, 0.05) is 30.0 Å². The Bertz CT molecular complexity index is 1200. The maximum absolute atomic E-state index is 6.35. The van der Waals surface area contributed by atoms with E-state index in [9.17, 15) is 0 Å². The lowest BCUT2D eigenvalue weighted by atomic mass is 10.0. The summed E-state index contributed by atoms with van der Waals surface area (Å²) in [7, 11) is 0. The number of nitrogens with one attached hydrogen (secondary N) is 1. The van der Waals surface area contributed by atoms with E-state index in [4.69, 9.17) is 16.6 Å². The minimum absolute atomic E-state index is 0.108. The molecule has 0 amide bonds. The van der Waals surface area contributed by atoms with Crippen LogP contribution in [0.4, 0.5) is 0 Å². The van der Waals surface area contributed by atoms with Crippen molar-refractivity contribution < 1.29 is 4.42 Å². The van der Waals surface area contributed by atoms with Crippen LogP contribution in [0, 0.1) is 6.92 Å². The molecule has 0 saturated carbocycles. The van der Waals surface area contributed by atoms with Crippen molar-refractivity contribution in [3.63, 3.8) is 0 Å². The average Bonchev–Trinajstić information content (AvgIpc) is 3.41. The van der Waals surface area contributed by atoms with E-state index in [1.165, 1.54) is 5.56 Å². The highest BCUT2D eigenvalue weighted by Gasteiger charge is 2.41. The number of hydrogen-bond donors (Lipinski definition) is 1. The lowest BCUT2D eigenvalue weighted by molar-refractivity contribution is 0.254. The van der Waals surface area contributed by atoms with Gasteiger partial charge in [0.1, 0.15) is 11.8 Å². The highest BCUT2D eigenvalue weighted by molar-refractivity contribution is 7.99. The number of thiocarbonyl (C=S) groups is 1. The van der Waals surface area contributed by atoms with Crippen LogP contribution in [0.2, 0.25) is 0 Å². The number of aromatic nitrogens is 2. The first-order chi connectivity index (χ1) is 15.7. The number of hydrogen-bond acceptors (Lipinski definition) is 5. The Morgan fingerprint density at radius 3 is 2.66 bits per heavy atom. The smallest absolute Gasteiger partial charge is 0.170 e. The van der Waals surface area contributed by atoms with Gasteiger partial charge in [0.15, 0.2) is 10.2 Å². The lowest BCUT2D eigenvalue weighted by Crippen LogP contribution is -2.29. The van der Waals surface area contributed by atoms with E-state index in [1.54, 1.807) is 18.0 Å². The monoisotopic (exact) mass is 458 g/mol. The first kappa shape index (κ1) is 20.7. The molecule has 0 aliphatic carbocycles. The zero-order valence-electron chi connectivity index (χ0n) is 17.5. The first-order valence-electron chi connectivity index (χ1n) is 10.4. The second kappa shape index (κ2) is 9.14. The van der Waals surface area contributed by atoms with Gasteiger partial charge in [-0.15, -0.1) is 0 Å². The third kappa shape index (κ3) is 4.40. The van der Waals surface area contributed by atoms with Gasteiger partial charge in [-0.2, -0.15) is 0 Å². The van der Waals surface area contributed by atoms with Crippen LogP contribution in [0.15, 0.2) is 99.7 Å². The molecule has 160 valence electrons. The predicted octanol–water partition coefficient (Wildman–Crippen LogP) is 5.70. The second-order valence-corrected chi connectivity index (χ2v) is 9.15. The molecule has 32 heavy (non-hydrogen) atoms. The van der Waals surface area contributed by atoms with Crippen molar-refractivity contribution in [1.29, 1.82) is 0 Å². The van der Waals surface area contributed by atoms with E-state index in [0.29, 0.717) is 11.7 Å². The van der Waals surface area contributed by atoms with Gasteiger partial charge in [-0.05, 0) is 67.2 Å². The van der Waals surface area contributed by atoms with Crippen LogP contribution in [0.1, 0.15) is 34.7 Å². The zero-order valence-corrected chi connectivity index (χ0v) is 19.1. The van der Waals surface area contributed by atoms with Crippen LogP contribution >= 0.6 is 24.0 Å². The summed E-state index contributed by atoms with van der Waals surface area (Å²) in [5.41, 5.74) is 3.26. The molecule has 1 aliphatic rings. The summed E-state index contributed by atoms with van der Waals surface area (Å²) in [5.74, 6) is 0.853. The molecule has 0 bridgehead atoms. The molecule has 7 heteroatoms. The van der Waals surface area contributed by atoms with E-state index in [1.807, 2.05) is 48.8 Å². The third-order valence-electron chi connectivity index (χ3n) is 5.41. The standard InChI is InChI=1S/C25H22N4OS2/c1-17-7-9-19(10-8-17)32-22-12-11-21(30-22)24-23(20-6-2-3-14-27-20)28-25(31)29(24)16-18-5-4-13-26-15-18/h2-15,23-24H,16H2,1H3,(H,28,31). The number of aryl methyl sites for hydroxylation is 1. The van der Waals surface area contributed by atoms with Crippen LogP contribution in [-0.2, 0) is 6.54 Å². The topological polar surface area (TPSA) is 54.2 Å². The predicted molar refractivity (Wildman–Crippen MR) is 129 cm³/mol. The van der Waals surface area contributed by atoms with Crippen molar-refractivity contribution in [1.82, 2.24) is 20.2 Å². The van der Waals surface area contributed by atoms with Crippen molar-refractivity contribution in [2.45, 2.75) is 35.5 Å². The van der Waals surface area contributed by atoms with E-state index in [-0.39, 0.29) is 12.1 Å². The molecule has 0 spiro atoms. The molecule has 1 saturated heterocycles. The normalized spacial score (nSPS) is 18.0. The molecule has 3 aromatic heterocycles. The van der Waals surface area contributed by atoms with Crippen molar-refractivity contribution in [3.8, 4) is 0 Å². The Hall–Kier alpha value is -3.16. The van der Waals surface area contributed by atoms with Crippen molar-refractivity contribution in [2.75, 3.05) is 0 Å². The van der Waals surface area contributed by atoms with E-state index in [2.05, 4.69) is 57.4 Å². The van der Waals surface area contributed by atoms with E-state index >= 15 is 0 Å². The Balaban J connectivity index is 1.47. The molecule has 0 radical (unpaired) electrons. The van der Waals surface area contributed by atoms with Gasteiger partial charge in [-0.1, -0.05) is 41.6 Å². The summed E-state index contributed by atoms with van der Waals surface area (Å²) in [6.07, 6.45) is 5.45. The number of nitrogens with zero attached hydrogens (tertiary/aromatic N) is 3. The molecule has 1 fully saturated rings. The highest BCUT2D eigenvalue weighted by Crippen LogP contribution is 2.41. The number of pyridine rings is 2. The summed E-state index contributed by atoms with van der Waals surface area (Å²) in [6.45, 7) is 2.72. The van der Waals surface area contributed by atoms with Gasteiger partial charge < -0.3 is 14.6 Å². The molecule has 5 rings (SSSR count). The van der Waals surface area contributed by atoms with Gasteiger partial charge in [0.2, 0.25) is 0 Å².